The minimum atomic E-state index is -0.206. The molecule has 96 valence electrons. The van der Waals surface area contributed by atoms with E-state index in [2.05, 4.69) is 0 Å². The van der Waals surface area contributed by atoms with E-state index in [9.17, 15) is 5.11 Å². The highest BCUT2D eigenvalue weighted by atomic mass is 16.3. The number of hydrogen-bond donors (Lipinski definition) is 1. The molecule has 4 bridgehead atoms. The Morgan fingerprint density at radius 3 is 1.82 bits per heavy atom. The van der Waals surface area contributed by atoms with Gasteiger partial charge in [0.2, 0.25) is 0 Å². The molecule has 1 N–H and O–H groups in total. The first-order valence-electron chi connectivity index (χ1n) is 7.87. The third kappa shape index (κ3) is 1.95. The van der Waals surface area contributed by atoms with Crippen LogP contribution in [0.25, 0.3) is 0 Å². The van der Waals surface area contributed by atoms with E-state index in [0.29, 0.717) is 0 Å². The van der Waals surface area contributed by atoms with Crippen molar-refractivity contribution in [3.8, 4) is 0 Å². The minimum Gasteiger partial charge on any atom is -0.390 e. The van der Waals surface area contributed by atoms with Crippen molar-refractivity contribution < 1.29 is 5.11 Å². The van der Waals surface area contributed by atoms with Gasteiger partial charge in [0.1, 0.15) is 0 Å². The molecule has 5 rings (SSSR count). The molecule has 5 fully saturated rings. The highest BCUT2D eigenvalue weighted by molar-refractivity contribution is 5.02. The van der Waals surface area contributed by atoms with Crippen molar-refractivity contribution in [3.63, 3.8) is 0 Å². The van der Waals surface area contributed by atoms with Crippen LogP contribution >= 0.6 is 0 Å². The zero-order valence-corrected chi connectivity index (χ0v) is 11.0. The average molecular weight is 234 g/mol. The van der Waals surface area contributed by atoms with E-state index < -0.39 is 0 Å². The Kier molecular flexibility index (Phi) is 2.23. The topological polar surface area (TPSA) is 20.2 Å². The van der Waals surface area contributed by atoms with Crippen molar-refractivity contribution >= 4 is 0 Å². The van der Waals surface area contributed by atoms with Crippen molar-refractivity contribution in [3.05, 3.63) is 0 Å². The molecular formula is C16H26O. The van der Waals surface area contributed by atoms with Crippen molar-refractivity contribution in [2.45, 2.75) is 76.2 Å². The molecule has 0 spiro atoms. The summed E-state index contributed by atoms with van der Waals surface area (Å²) in [5.74, 6) is 3.26. The van der Waals surface area contributed by atoms with E-state index in [1.165, 1.54) is 12.8 Å². The maximum atomic E-state index is 9.94. The third-order valence-corrected chi connectivity index (χ3v) is 6.34. The Balaban J connectivity index is 1.39. The van der Waals surface area contributed by atoms with Gasteiger partial charge in [-0.3, -0.25) is 0 Å². The summed E-state index contributed by atoms with van der Waals surface area (Å²) in [6, 6.07) is 0. The second-order valence-corrected chi connectivity index (χ2v) is 8.00. The van der Waals surface area contributed by atoms with Gasteiger partial charge in [-0.05, 0) is 87.4 Å². The molecular weight excluding hydrogens is 208 g/mol. The van der Waals surface area contributed by atoms with E-state index in [4.69, 9.17) is 0 Å². The molecule has 5 aliphatic rings. The first-order chi connectivity index (χ1) is 8.15. The minimum absolute atomic E-state index is 0.206. The molecule has 0 radical (unpaired) electrons. The second-order valence-electron chi connectivity index (χ2n) is 8.00. The number of aliphatic hydroxyl groups is 1. The molecule has 0 heterocycles. The molecule has 0 aromatic rings. The van der Waals surface area contributed by atoms with E-state index in [-0.39, 0.29) is 5.60 Å². The van der Waals surface area contributed by atoms with E-state index in [1.807, 2.05) is 0 Å². The van der Waals surface area contributed by atoms with Gasteiger partial charge >= 0.3 is 0 Å². The van der Waals surface area contributed by atoms with Crippen molar-refractivity contribution in [1.82, 2.24) is 0 Å². The lowest BCUT2D eigenvalue weighted by molar-refractivity contribution is -0.0596. The monoisotopic (exact) mass is 234 g/mol. The number of rotatable bonds is 4. The largest absolute Gasteiger partial charge is 0.390 e. The lowest BCUT2D eigenvalue weighted by Crippen LogP contribution is -2.46. The molecule has 0 aromatic heterocycles. The summed E-state index contributed by atoms with van der Waals surface area (Å²) in [5, 5.41) is 9.94. The summed E-state index contributed by atoms with van der Waals surface area (Å²) in [7, 11) is 0. The summed E-state index contributed by atoms with van der Waals surface area (Å²) in [4.78, 5) is 0. The maximum Gasteiger partial charge on any atom is 0.0650 e. The standard InChI is InChI=1S/C16H26O/c17-16(4-5-16)3-1-2-15-9-12-6-13(10-15)8-14(7-12)11-15/h12-14,17H,1-11H2. The van der Waals surface area contributed by atoms with E-state index in [1.54, 1.807) is 38.5 Å². The quantitative estimate of drug-likeness (QED) is 0.782. The zero-order valence-electron chi connectivity index (χ0n) is 11.0. The molecule has 17 heavy (non-hydrogen) atoms. The lowest BCUT2D eigenvalue weighted by atomic mass is 9.48. The van der Waals surface area contributed by atoms with Crippen molar-refractivity contribution in [1.29, 1.82) is 0 Å². The first-order valence-corrected chi connectivity index (χ1v) is 7.87. The Morgan fingerprint density at radius 2 is 1.35 bits per heavy atom. The molecule has 0 aliphatic heterocycles. The fourth-order valence-electron chi connectivity index (χ4n) is 5.78. The van der Waals surface area contributed by atoms with Crippen LogP contribution in [0.2, 0.25) is 0 Å². The fourth-order valence-corrected chi connectivity index (χ4v) is 5.78. The van der Waals surface area contributed by atoms with Crippen LogP contribution in [0.3, 0.4) is 0 Å². The van der Waals surface area contributed by atoms with Gasteiger partial charge in [-0.2, -0.15) is 0 Å². The lowest BCUT2D eigenvalue weighted by Gasteiger charge is -2.57. The van der Waals surface area contributed by atoms with Crippen LogP contribution in [0.15, 0.2) is 0 Å². The van der Waals surface area contributed by atoms with Gasteiger partial charge in [0.05, 0.1) is 5.60 Å². The summed E-state index contributed by atoms with van der Waals surface area (Å²) < 4.78 is 0. The summed E-state index contributed by atoms with van der Waals surface area (Å²) in [6.07, 6.45) is 15.3. The Bertz CT molecular complexity index is 280. The molecule has 0 unspecified atom stereocenters. The predicted molar refractivity (Wildman–Crippen MR) is 68.6 cm³/mol. The van der Waals surface area contributed by atoms with Gasteiger partial charge in [-0.15, -0.1) is 0 Å². The SMILES string of the molecule is OC1(CCCC23CC4CC(CC(C4)C2)C3)CC1. The van der Waals surface area contributed by atoms with Crippen LogP contribution < -0.4 is 0 Å². The Morgan fingerprint density at radius 1 is 0.824 bits per heavy atom. The van der Waals surface area contributed by atoms with E-state index >= 15 is 0 Å². The highest BCUT2D eigenvalue weighted by Crippen LogP contribution is 2.62. The fraction of sp³-hybridized carbons (Fsp3) is 1.00. The Labute approximate surface area is 105 Å². The summed E-state index contributed by atoms with van der Waals surface area (Å²) >= 11 is 0. The first kappa shape index (κ1) is 10.8. The molecule has 5 aliphatic carbocycles. The van der Waals surface area contributed by atoms with Gasteiger partial charge in [0.15, 0.2) is 0 Å². The molecule has 1 nitrogen and oxygen atoms in total. The van der Waals surface area contributed by atoms with Gasteiger partial charge in [-0.25, -0.2) is 0 Å². The van der Waals surface area contributed by atoms with Gasteiger partial charge in [0, 0.05) is 0 Å². The van der Waals surface area contributed by atoms with Gasteiger partial charge in [0.25, 0.3) is 0 Å². The average Bonchev–Trinajstić information content (AvgIpc) is 2.93. The van der Waals surface area contributed by atoms with Gasteiger partial charge < -0.3 is 5.11 Å². The normalized spacial score (nSPS) is 49.6. The molecule has 1 heteroatoms. The van der Waals surface area contributed by atoms with Crippen LogP contribution in [0.1, 0.15) is 70.6 Å². The Hall–Kier alpha value is -0.0400. The van der Waals surface area contributed by atoms with Crippen LogP contribution in [-0.2, 0) is 0 Å². The molecule has 0 amide bonds. The summed E-state index contributed by atoms with van der Waals surface area (Å²) in [5.41, 5.74) is 0.530. The van der Waals surface area contributed by atoms with Crippen LogP contribution in [0.5, 0.6) is 0 Å². The van der Waals surface area contributed by atoms with Crippen LogP contribution in [0.4, 0.5) is 0 Å². The van der Waals surface area contributed by atoms with Crippen LogP contribution in [0, 0.1) is 23.2 Å². The number of hydrogen-bond acceptors (Lipinski definition) is 1. The van der Waals surface area contributed by atoms with Crippen molar-refractivity contribution in [2.24, 2.45) is 23.2 Å². The van der Waals surface area contributed by atoms with Crippen LogP contribution in [-0.4, -0.2) is 10.7 Å². The second kappa shape index (κ2) is 3.50. The molecule has 5 saturated carbocycles. The maximum absolute atomic E-state index is 9.94. The summed E-state index contributed by atoms with van der Waals surface area (Å²) in [6.45, 7) is 0. The van der Waals surface area contributed by atoms with Crippen molar-refractivity contribution in [2.75, 3.05) is 0 Å². The van der Waals surface area contributed by atoms with E-state index in [0.717, 1.165) is 42.4 Å². The molecule has 0 saturated heterocycles. The van der Waals surface area contributed by atoms with Gasteiger partial charge in [-0.1, -0.05) is 6.42 Å². The highest BCUT2D eigenvalue weighted by Gasteiger charge is 2.50. The predicted octanol–water partition coefficient (Wildman–Crippen LogP) is 3.90. The molecule has 0 atom stereocenters. The third-order valence-electron chi connectivity index (χ3n) is 6.34. The smallest absolute Gasteiger partial charge is 0.0650 e. The zero-order chi connectivity index (χ0) is 11.5. The molecule has 0 aromatic carbocycles.